The van der Waals surface area contributed by atoms with Gasteiger partial charge in [0.05, 0.1) is 29.1 Å². The molecule has 0 saturated heterocycles. The summed E-state index contributed by atoms with van der Waals surface area (Å²) in [4.78, 5) is 25.2. The van der Waals surface area contributed by atoms with Gasteiger partial charge in [0.15, 0.2) is 0 Å². The molecule has 7 nitrogen and oxygen atoms in total. The molecule has 1 aromatic heterocycles. The van der Waals surface area contributed by atoms with E-state index in [9.17, 15) is 14.0 Å². The van der Waals surface area contributed by atoms with Gasteiger partial charge in [0.1, 0.15) is 5.82 Å². The van der Waals surface area contributed by atoms with Gasteiger partial charge in [-0.2, -0.15) is 5.10 Å². The van der Waals surface area contributed by atoms with Crippen LogP contribution in [0.1, 0.15) is 65.7 Å². The number of rotatable bonds is 6. The van der Waals surface area contributed by atoms with E-state index in [4.69, 9.17) is 14.6 Å². The highest BCUT2D eigenvalue weighted by Gasteiger charge is 2.28. The maximum atomic E-state index is 13.4. The van der Waals surface area contributed by atoms with E-state index in [-0.39, 0.29) is 18.1 Å². The minimum absolute atomic E-state index is 0.0969. The summed E-state index contributed by atoms with van der Waals surface area (Å²) in [7, 11) is 0. The molecule has 8 heteroatoms. The Morgan fingerprint density at radius 1 is 1.31 bits per heavy atom. The molecule has 0 unspecified atom stereocenters. The quantitative estimate of drug-likeness (QED) is 0.688. The molecule has 0 aliphatic carbocycles. The first kappa shape index (κ1) is 23.9. The number of amides is 1. The second-order valence-electron chi connectivity index (χ2n) is 8.86. The molecule has 32 heavy (non-hydrogen) atoms. The van der Waals surface area contributed by atoms with Crippen molar-refractivity contribution in [1.29, 1.82) is 0 Å². The summed E-state index contributed by atoms with van der Waals surface area (Å²) in [5.41, 5.74) is 2.03. The zero-order valence-corrected chi connectivity index (χ0v) is 19.1. The minimum atomic E-state index is -0.567. The van der Waals surface area contributed by atoms with Crippen LogP contribution in [-0.4, -0.2) is 48.0 Å². The summed E-state index contributed by atoms with van der Waals surface area (Å²) in [5.74, 6) is -1.14. The number of ether oxygens (including phenoxy) is 2. The lowest BCUT2D eigenvalue weighted by molar-refractivity contribution is 0.0304. The Morgan fingerprint density at radius 2 is 2.09 bits per heavy atom. The number of aryl methyl sites for hydroxylation is 1. The van der Waals surface area contributed by atoms with Crippen LogP contribution in [0.3, 0.4) is 0 Å². The van der Waals surface area contributed by atoms with Crippen LogP contribution in [0.15, 0.2) is 24.3 Å². The van der Waals surface area contributed by atoms with Gasteiger partial charge in [0.2, 0.25) is 0 Å². The lowest BCUT2D eigenvalue weighted by Gasteiger charge is -2.25. The normalized spacial score (nSPS) is 15.4. The predicted molar refractivity (Wildman–Crippen MR) is 118 cm³/mol. The number of carbonyl (C=O) groups is 2. The number of benzene rings is 1. The molecular formula is C24H32FN3O4. The molecule has 2 aromatic rings. The second-order valence-corrected chi connectivity index (χ2v) is 8.86. The fourth-order valence-corrected chi connectivity index (χ4v) is 3.77. The van der Waals surface area contributed by atoms with Gasteiger partial charge >= 0.3 is 5.97 Å². The number of aromatic nitrogens is 2. The number of fused-ring (bicyclic) bond motifs is 1. The first-order chi connectivity index (χ1) is 15.3. The average Bonchev–Trinajstić information content (AvgIpc) is 3.08. The van der Waals surface area contributed by atoms with Gasteiger partial charge in [0, 0.05) is 31.7 Å². The van der Waals surface area contributed by atoms with Crippen LogP contribution in [0.25, 0.3) is 0 Å². The molecule has 3 rings (SSSR count). The van der Waals surface area contributed by atoms with Crippen LogP contribution in [0, 0.1) is 11.2 Å². The van der Waals surface area contributed by atoms with Crippen molar-refractivity contribution in [3.63, 3.8) is 0 Å². The van der Waals surface area contributed by atoms with Crippen LogP contribution in [0.4, 0.5) is 4.39 Å². The summed E-state index contributed by atoms with van der Waals surface area (Å²) in [6.07, 6.45) is 2.90. The smallest absolute Gasteiger partial charge is 0.338 e. The molecule has 1 aliphatic rings. The highest BCUT2D eigenvalue weighted by molar-refractivity contribution is 5.96. The topological polar surface area (TPSA) is 82.5 Å². The third kappa shape index (κ3) is 6.16. The fraction of sp³-hybridized carbons (Fsp3) is 0.542. The molecule has 0 bridgehead atoms. The SMILES string of the molecule is CCc1nn(CC(C)(C)COC(=O)c2cccc(F)c2)c2c1C(=O)NCCCOCCC2. The van der Waals surface area contributed by atoms with Gasteiger partial charge in [-0.3, -0.25) is 9.48 Å². The number of nitrogens with zero attached hydrogens (tertiary/aromatic N) is 2. The van der Waals surface area contributed by atoms with Crippen LogP contribution < -0.4 is 5.32 Å². The Labute approximate surface area is 188 Å². The molecule has 1 N–H and O–H groups in total. The zero-order chi connectivity index (χ0) is 23.1. The number of nitrogens with one attached hydrogen (secondary N) is 1. The number of esters is 1. The van der Waals surface area contributed by atoms with Crippen LogP contribution >= 0.6 is 0 Å². The fourth-order valence-electron chi connectivity index (χ4n) is 3.77. The summed E-state index contributed by atoms with van der Waals surface area (Å²) in [5, 5.41) is 7.71. The summed E-state index contributed by atoms with van der Waals surface area (Å²) in [6.45, 7) is 8.37. The van der Waals surface area contributed by atoms with Crippen molar-refractivity contribution in [2.24, 2.45) is 5.41 Å². The zero-order valence-electron chi connectivity index (χ0n) is 19.1. The maximum absolute atomic E-state index is 13.4. The van der Waals surface area contributed by atoms with E-state index in [0.29, 0.717) is 44.7 Å². The Balaban J connectivity index is 1.77. The van der Waals surface area contributed by atoms with E-state index in [2.05, 4.69) is 5.32 Å². The lowest BCUT2D eigenvalue weighted by atomic mass is 9.94. The van der Waals surface area contributed by atoms with Gasteiger partial charge in [-0.05, 0) is 43.9 Å². The average molecular weight is 446 g/mol. The molecule has 0 fully saturated rings. The molecule has 0 atom stereocenters. The third-order valence-electron chi connectivity index (χ3n) is 5.38. The van der Waals surface area contributed by atoms with Gasteiger partial charge < -0.3 is 14.8 Å². The van der Waals surface area contributed by atoms with E-state index < -0.39 is 17.2 Å². The van der Waals surface area contributed by atoms with E-state index in [1.807, 2.05) is 25.5 Å². The lowest BCUT2D eigenvalue weighted by Crippen LogP contribution is -2.29. The molecule has 2 heterocycles. The Kier molecular flexibility index (Phi) is 8.01. The molecule has 0 saturated carbocycles. The van der Waals surface area contributed by atoms with Crippen molar-refractivity contribution in [2.45, 2.75) is 53.0 Å². The van der Waals surface area contributed by atoms with Gasteiger partial charge in [-0.25, -0.2) is 9.18 Å². The van der Waals surface area contributed by atoms with Crippen molar-refractivity contribution < 1.29 is 23.5 Å². The summed E-state index contributed by atoms with van der Waals surface area (Å²) in [6, 6.07) is 5.45. The Bertz CT molecular complexity index is 955. The van der Waals surface area contributed by atoms with Crippen molar-refractivity contribution in [2.75, 3.05) is 26.4 Å². The van der Waals surface area contributed by atoms with Crippen molar-refractivity contribution >= 4 is 11.9 Å². The molecule has 0 radical (unpaired) electrons. The van der Waals surface area contributed by atoms with Gasteiger partial charge in [-0.1, -0.05) is 26.8 Å². The number of halogens is 1. The largest absolute Gasteiger partial charge is 0.461 e. The summed E-state index contributed by atoms with van der Waals surface area (Å²) >= 11 is 0. The van der Waals surface area contributed by atoms with Gasteiger partial charge in [-0.15, -0.1) is 0 Å². The van der Waals surface area contributed by atoms with Crippen LogP contribution in [-0.2, 0) is 28.9 Å². The first-order valence-corrected chi connectivity index (χ1v) is 11.2. The van der Waals surface area contributed by atoms with E-state index >= 15 is 0 Å². The summed E-state index contributed by atoms with van der Waals surface area (Å²) < 4.78 is 26.4. The Hall–Kier alpha value is -2.74. The van der Waals surface area contributed by atoms with E-state index in [1.54, 1.807) is 0 Å². The molecule has 1 aliphatic heterocycles. The standard InChI is InChI=1S/C24H32FN3O4/c1-4-19-21-20(10-6-12-31-13-7-11-26-22(21)29)28(27-19)15-24(2,3)16-32-23(30)17-8-5-9-18(25)14-17/h5,8-9,14H,4,6-7,10-13,15-16H2,1-3H3,(H,26,29). The highest BCUT2D eigenvalue weighted by atomic mass is 19.1. The monoisotopic (exact) mass is 445 g/mol. The number of hydrogen-bond donors (Lipinski definition) is 1. The molecule has 0 spiro atoms. The predicted octanol–water partition coefficient (Wildman–Crippen LogP) is 3.55. The van der Waals surface area contributed by atoms with Crippen molar-refractivity contribution in [3.05, 3.63) is 52.6 Å². The third-order valence-corrected chi connectivity index (χ3v) is 5.38. The highest BCUT2D eigenvalue weighted by Crippen LogP contribution is 2.25. The van der Waals surface area contributed by atoms with E-state index in [1.165, 1.54) is 18.2 Å². The maximum Gasteiger partial charge on any atom is 0.338 e. The molecule has 1 aromatic carbocycles. The number of hydrogen-bond acceptors (Lipinski definition) is 5. The minimum Gasteiger partial charge on any atom is -0.461 e. The number of carbonyl (C=O) groups excluding carboxylic acids is 2. The van der Waals surface area contributed by atoms with Crippen molar-refractivity contribution in [1.82, 2.24) is 15.1 Å². The van der Waals surface area contributed by atoms with Gasteiger partial charge in [0.25, 0.3) is 5.91 Å². The molecular weight excluding hydrogens is 413 g/mol. The molecule has 174 valence electrons. The van der Waals surface area contributed by atoms with Crippen LogP contribution in [0.5, 0.6) is 0 Å². The molecule has 1 amide bonds. The second kappa shape index (κ2) is 10.7. The van der Waals surface area contributed by atoms with Crippen LogP contribution in [0.2, 0.25) is 0 Å². The van der Waals surface area contributed by atoms with E-state index in [0.717, 1.165) is 30.3 Å². The van der Waals surface area contributed by atoms with Crippen molar-refractivity contribution in [3.8, 4) is 0 Å². The first-order valence-electron chi connectivity index (χ1n) is 11.2. The Morgan fingerprint density at radius 3 is 2.84 bits per heavy atom.